The van der Waals surface area contributed by atoms with E-state index in [9.17, 15) is 28.8 Å². The van der Waals surface area contributed by atoms with Gasteiger partial charge in [-0.05, 0) is 42.5 Å². The van der Waals surface area contributed by atoms with Crippen molar-refractivity contribution in [1.82, 2.24) is 14.5 Å². The number of anilines is 2. The SMILES string of the molecule is CN[S+]([O-])c1ccc(Nc2ccc(S(F)(F)(F)(F)F)cc2)c(-c2ccc(=O)n(C)n2)c1. The van der Waals surface area contributed by atoms with Crippen molar-refractivity contribution in [3.05, 3.63) is 65.0 Å². The summed E-state index contributed by atoms with van der Waals surface area (Å²) in [5.74, 6) is 0. The molecule has 168 valence electrons. The van der Waals surface area contributed by atoms with Gasteiger partial charge in [-0.1, -0.05) is 19.4 Å². The molecule has 0 radical (unpaired) electrons. The third kappa shape index (κ3) is 5.36. The summed E-state index contributed by atoms with van der Waals surface area (Å²) in [4.78, 5) is 10.0. The molecule has 1 atom stereocenters. The number of hydrogen-bond donors (Lipinski definition) is 2. The van der Waals surface area contributed by atoms with Crippen molar-refractivity contribution in [2.24, 2.45) is 7.05 Å². The summed E-state index contributed by atoms with van der Waals surface area (Å²) in [6.07, 6.45) is 0. The first-order valence-corrected chi connectivity index (χ1v) is 11.7. The average Bonchev–Trinajstić information content (AvgIpc) is 2.68. The minimum Gasteiger partial charge on any atom is -0.593 e. The van der Waals surface area contributed by atoms with E-state index in [0.717, 1.165) is 16.8 Å². The standard InChI is InChI=1S/C18H17F5N4O2S2/c1-24-30(29)13-5-8-16(15(11-13)17-9-10-18(28)27(2)26-17)25-12-3-6-14(7-4-12)31(19,20,21,22)23/h3-11,24-25H,1-2H3. The lowest BCUT2D eigenvalue weighted by molar-refractivity contribution is 0.364. The summed E-state index contributed by atoms with van der Waals surface area (Å²) in [6, 6.07) is 9.65. The molecule has 0 spiro atoms. The van der Waals surface area contributed by atoms with Crippen molar-refractivity contribution >= 4 is 33.0 Å². The molecule has 0 saturated carbocycles. The van der Waals surface area contributed by atoms with Gasteiger partial charge in [-0.3, -0.25) is 4.79 Å². The molecule has 2 N–H and O–H groups in total. The van der Waals surface area contributed by atoms with E-state index >= 15 is 0 Å². The van der Waals surface area contributed by atoms with Crippen LogP contribution in [0.4, 0.5) is 30.8 Å². The van der Waals surface area contributed by atoms with Gasteiger partial charge in [0.15, 0.2) is 4.90 Å². The summed E-state index contributed by atoms with van der Waals surface area (Å²) in [5, 5.41) is 6.98. The predicted octanol–water partition coefficient (Wildman–Crippen LogP) is 5.09. The molecule has 3 rings (SSSR count). The van der Waals surface area contributed by atoms with Gasteiger partial charge in [0.2, 0.25) is 0 Å². The molecule has 1 unspecified atom stereocenters. The second kappa shape index (κ2) is 7.22. The highest BCUT2D eigenvalue weighted by Crippen LogP contribution is 3.02. The summed E-state index contributed by atoms with van der Waals surface area (Å²) in [5.41, 5.74) is 0.818. The summed E-state index contributed by atoms with van der Waals surface area (Å²) in [7, 11) is -6.84. The zero-order valence-electron chi connectivity index (χ0n) is 16.1. The molecule has 3 aromatic rings. The maximum Gasteiger partial charge on any atom is 0.310 e. The van der Waals surface area contributed by atoms with Crippen LogP contribution in [0, 0.1) is 0 Å². The van der Waals surface area contributed by atoms with E-state index in [1.54, 1.807) is 0 Å². The molecule has 0 bridgehead atoms. The number of halogens is 5. The van der Waals surface area contributed by atoms with E-state index in [2.05, 4.69) is 15.1 Å². The molecule has 0 amide bonds. The topological polar surface area (TPSA) is 82.0 Å². The second-order valence-corrected chi connectivity index (χ2v) is 10.3. The maximum atomic E-state index is 12.9. The number of rotatable bonds is 6. The monoisotopic (exact) mass is 480 g/mol. The first-order valence-electron chi connectivity index (χ1n) is 8.57. The summed E-state index contributed by atoms with van der Waals surface area (Å²) in [6.45, 7) is 0. The van der Waals surface area contributed by atoms with Crippen LogP contribution >= 0.6 is 10.2 Å². The minimum atomic E-state index is -9.77. The average molecular weight is 480 g/mol. The lowest BCUT2D eigenvalue weighted by Crippen LogP contribution is -2.19. The normalized spacial score (nSPS) is 15.1. The van der Waals surface area contributed by atoms with Crippen molar-refractivity contribution in [3.8, 4) is 11.3 Å². The highest BCUT2D eigenvalue weighted by Gasteiger charge is 2.65. The molecule has 1 aromatic heterocycles. The van der Waals surface area contributed by atoms with Gasteiger partial charge in [0, 0.05) is 43.2 Å². The zero-order chi connectivity index (χ0) is 23.1. The Balaban J connectivity index is 2.05. The van der Waals surface area contributed by atoms with Gasteiger partial charge in [-0.25, -0.2) is 4.68 Å². The van der Waals surface area contributed by atoms with Gasteiger partial charge in [0.05, 0.1) is 17.1 Å². The Bertz CT molecular complexity index is 1190. The molecule has 6 nitrogen and oxygen atoms in total. The number of aryl methyl sites for hydroxylation is 1. The number of benzene rings is 2. The Morgan fingerprint density at radius 3 is 2.19 bits per heavy atom. The molecule has 0 aliphatic heterocycles. The van der Waals surface area contributed by atoms with Crippen molar-refractivity contribution < 1.29 is 24.0 Å². The fourth-order valence-corrected chi connectivity index (χ4v) is 3.98. The smallest absolute Gasteiger partial charge is 0.310 e. The molecule has 2 aromatic carbocycles. The summed E-state index contributed by atoms with van der Waals surface area (Å²) >= 11 is -1.54. The Kier molecular flexibility index (Phi) is 5.37. The number of aromatic nitrogens is 2. The van der Waals surface area contributed by atoms with Crippen molar-refractivity contribution in [2.75, 3.05) is 12.4 Å². The quantitative estimate of drug-likeness (QED) is 0.379. The molecule has 31 heavy (non-hydrogen) atoms. The minimum absolute atomic E-state index is 0.110. The molecule has 0 fully saturated rings. The predicted molar refractivity (Wildman–Crippen MR) is 112 cm³/mol. The Morgan fingerprint density at radius 1 is 1.00 bits per heavy atom. The lowest BCUT2D eigenvalue weighted by atomic mass is 10.1. The van der Waals surface area contributed by atoms with Crippen LogP contribution in [0.5, 0.6) is 0 Å². The van der Waals surface area contributed by atoms with Gasteiger partial charge in [-0.2, -0.15) is 5.10 Å². The molecule has 13 heteroatoms. The highest BCUT2D eigenvalue weighted by molar-refractivity contribution is 8.45. The van der Waals surface area contributed by atoms with E-state index in [1.807, 2.05) is 0 Å². The zero-order valence-corrected chi connectivity index (χ0v) is 17.7. The number of nitrogens with one attached hydrogen (secondary N) is 2. The first kappa shape index (κ1) is 23.1. The molecular formula is C18H17F5N4O2S2. The van der Waals surface area contributed by atoms with Crippen LogP contribution in [0.25, 0.3) is 11.3 Å². The second-order valence-electron chi connectivity index (χ2n) is 6.48. The van der Waals surface area contributed by atoms with E-state index in [1.165, 1.54) is 44.4 Å². The van der Waals surface area contributed by atoms with Crippen molar-refractivity contribution in [3.63, 3.8) is 0 Å². The third-order valence-electron chi connectivity index (χ3n) is 4.21. The molecule has 0 saturated heterocycles. The van der Waals surface area contributed by atoms with E-state index in [4.69, 9.17) is 0 Å². The van der Waals surface area contributed by atoms with Gasteiger partial charge in [0.1, 0.15) is 4.90 Å². The van der Waals surface area contributed by atoms with Gasteiger partial charge < -0.3 is 9.87 Å². The van der Waals surface area contributed by atoms with Crippen LogP contribution < -0.4 is 15.6 Å². The van der Waals surface area contributed by atoms with Crippen molar-refractivity contribution in [1.29, 1.82) is 0 Å². The first-order chi connectivity index (χ1) is 14.2. The van der Waals surface area contributed by atoms with Crippen LogP contribution in [-0.4, -0.2) is 21.4 Å². The fraction of sp³-hybridized carbons (Fsp3) is 0.111. The van der Waals surface area contributed by atoms with Crippen LogP contribution in [0.15, 0.2) is 69.2 Å². The molecule has 0 aliphatic carbocycles. The number of nitrogens with zero attached hydrogens (tertiary/aromatic N) is 2. The number of hydrogen-bond acceptors (Lipinski definition) is 5. The van der Waals surface area contributed by atoms with E-state index < -0.39 is 26.5 Å². The van der Waals surface area contributed by atoms with Crippen molar-refractivity contribution in [2.45, 2.75) is 9.79 Å². The molecule has 0 aliphatic rings. The van der Waals surface area contributed by atoms with E-state index in [-0.39, 0.29) is 11.2 Å². The Labute approximate surface area is 177 Å². The summed E-state index contributed by atoms with van der Waals surface area (Å²) < 4.78 is 80.4. The van der Waals surface area contributed by atoms with Crippen LogP contribution in [-0.2, 0) is 18.4 Å². The van der Waals surface area contributed by atoms with Crippen LogP contribution in [0.1, 0.15) is 0 Å². The van der Waals surface area contributed by atoms with Crippen LogP contribution in [0.3, 0.4) is 0 Å². The van der Waals surface area contributed by atoms with E-state index in [0.29, 0.717) is 34.0 Å². The van der Waals surface area contributed by atoms with Gasteiger partial charge >= 0.3 is 10.2 Å². The van der Waals surface area contributed by atoms with Crippen LogP contribution in [0.2, 0.25) is 0 Å². The maximum absolute atomic E-state index is 12.9. The molecular weight excluding hydrogens is 463 g/mol. The fourth-order valence-electron chi connectivity index (χ4n) is 2.67. The lowest BCUT2D eigenvalue weighted by Gasteiger charge is -2.40. The van der Waals surface area contributed by atoms with Gasteiger partial charge in [-0.15, -0.1) is 4.72 Å². The molecule has 1 heterocycles. The largest absolute Gasteiger partial charge is 0.593 e. The highest BCUT2D eigenvalue weighted by atomic mass is 32.5. The Morgan fingerprint density at radius 2 is 1.65 bits per heavy atom. The third-order valence-corrected chi connectivity index (χ3v) is 6.42. The van der Waals surface area contributed by atoms with Gasteiger partial charge in [0.25, 0.3) is 5.56 Å². The Hall–Kier alpha value is -2.61.